The maximum Gasteiger partial charge on any atom is 0.308 e. The van der Waals surface area contributed by atoms with Crippen LogP contribution in [-0.4, -0.2) is 15.6 Å². The monoisotopic (exact) mass is 291 g/mol. The number of aromatic nitrogens is 1. The number of carboxylic acids is 1. The van der Waals surface area contributed by atoms with E-state index in [1.165, 1.54) is 18.2 Å². The smallest absolute Gasteiger partial charge is 0.308 e. The summed E-state index contributed by atoms with van der Waals surface area (Å²) in [6.07, 6.45) is 1.52. The standard InChI is InChI=1S/C16H18FNO3/c1-3-4-7-18-10(2)13(9-15(19)20)16(21)12-6-5-11(17)8-14(12)18/h5-6,8H,3-4,7,9H2,1-2H3,(H,19,20). The topological polar surface area (TPSA) is 59.3 Å². The molecule has 0 radical (unpaired) electrons. The second-order valence-electron chi connectivity index (χ2n) is 5.13. The Kier molecular flexibility index (Phi) is 4.40. The predicted molar refractivity (Wildman–Crippen MR) is 79.2 cm³/mol. The van der Waals surface area contributed by atoms with Crippen LogP contribution in [0.15, 0.2) is 23.0 Å². The van der Waals surface area contributed by atoms with Crippen LogP contribution in [0.2, 0.25) is 0 Å². The van der Waals surface area contributed by atoms with Crippen molar-refractivity contribution in [1.82, 2.24) is 4.57 Å². The molecule has 2 aromatic rings. The molecular formula is C16H18FNO3. The van der Waals surface area contributed by atoms with Gasteiger partial charge in [-0.15, -0.1) is 0 Å². The third-order valence-corrected chi connectivity index (χ3v) is 3.67. The average molecular weight is 291 g/mol. The van der Waals surface area contributed by atoms with Crippen LogP contribution >= 0.6 is 0 Å². The molecule has 0 aliphatic rings. The highest BCUT2D eigenvalue weighted by atomic mass is 19.1. The number of aryl methyl sites for hydroxylation is 1. The van der Waals surface area contributed by atoms with Crippen LogP contribution in [0.4, 0.5) is 4.39 Å². The molecule has 0 aliphatic heterocycles. The van der Waals surface area contributed by atoms with Crippen molar-refractivity contribution in [2.75, 3.05) is 0 Å². The predicted octanol–water partition coefficient (Wildman–Crippen LogP) is 2.88. The van der Waals surface area contributed by atoms with Gasteiger partial charge in [-0.2, -0.15) is 0 Å². The number of unbranched alkanes of at least 4 members (excludes halogenated alkanes) is 1. The van der Waals surface area contributed by atoms with Crippen molar-refractivity contribution in [3.8, 4) is 0 Å². The van der Waals surface area contributed by atoms with Gasteiger partial charge in [0.1, 0.15) is 5.82 Å². The van der Waals surface area contributed by atoms with Crippen molar-refractivity contribution in [2.24, 2.45) is 0 Å². The number of fused-ring (bicyclic) bond motifs is 1. The van der Waals surface area contributed by atoms with Gasteiger partial charge in [0.15, 0.2) is 5.43 Å². The highest BCUT2D eigenvalue weighted by Crippen LogP contribution is 2.19. The molecule has 1 heterocycles. The summed E-state index contributed by atoms with van der Waals surface area (Å²) >= 11 is 0. The lowest BCUT2D eigenvalue weighted by molar-refractivity contribution is -0.136. The first-order valence-electron chi connectivity index (χ1n) is 6.99. The van der Waals surface area contributed by atoms with Crippen molar-refractivity contribution in [1.29, 1.82) is 0 Å². The molecule has 2 rings (SSSR count). The molecular weight excluding hydrogens is 273 g/mol. The zero-order valence-corrected chi connectivity index (χ0v) is 12.1. The normalized spacial score (nSPS) is 11.0. The third-order valence-electron chi connectivity index (χ3n) is 3.67. The number of benzene rings is 1. The molecule has 0 spiro atoms. The quantitative estimate of drug-likeness (QED) is 0.921. The van der Waals surface area contributed by atoms with E-state index in [4.69, 9.17) is 5.11 Å². The summed E-state index contributed by atoms with van der Waals surface area (Å²) in [7, 11) is 0. The lowest BCUT2D eigenvalue weighted by Gasteiger charge is -2.17. The largest absolute Gasteiger partial charge is 0.481 e. The van der Waals surface area contributed by atoms with E-state index in [-0.39, 0.29) is 17.4 Å². The molecule has 21 heavy (non-hydrogen) atoms. The average Bonchev–Trinajstić information content (AvgIpc) is 2.43. The Morgan fingerprint density at radius 2 is 2.10 bits per heavy atom. The van der Waals surface area contributed by atoms with Crippen LogP contribution in [0.25, 0.3) is 10.9 Å². The summed E-state index contributed by atoms with van der Waals surface area (Å²) in [4.78, 5) is 23.4. The van der Waals surface area contributed by atoms with E-state index in [1.54, 1.807) is 6.92 Å². The number of carboxylic acid groups (broad SMARTS) is 1. The second kappa shape index (κ2) is 6.08. The fourth-order valence-corrected chi connectivity index (χ4v) is 2.55. The van der Waals surface area contributed by atoms with Gasteiger partial charge in [0, 0.05) is 23.2 Å². The Balaban J connectivity index is 2.78. The highest BCUT2D eigenvalue weighted by Gasteiger charge is 2.16. The van der Waals surface area contributed by atoms with Gasteiger partial charge in [-0.25, -0.2) is 4.39 Å². The maximum absolute atomic E-state index is 13.5. The van der Waals surface area contributed by atoms with Crippen molar-refractivity contribution >= 4 is 16.9 Å². The second-order valence-corrected chi connectivity index (χ2v) is 5.13. The summed E-state index contributed by atoms with van der Waals surface area (Å²) in [6.45, 7) is 4.40. The van der Waals surface area contributed by atoms with Gasteiger partial charge in [-0.1, -0.05) is 13.3 Å². The number of rotatable bonds is 5. The minimum absolute atomic E-state index is 0.276. The van der Waals surface area contributed by atoms with Crippen LogP contribution in [-0.2, 0) is 17.8 Å². The summed E-state index contributed by atoms with van der Waals surface area (Å²) in [5, 5.41) is 9.36. The van der Waals surface area contributed by atoms with Gasteiger partial charge >= 0.3 is 5.97 Å². The van der Waals surface area contributed by atoms with Crippen LogP contribution in [0.1, 0.15) is 31.0 Å². The van der Waals surface area contributed by atoms with Crippen LogP contribution in [0, 0.1) is 12.7 Å². The van der Waals surface area contributed by atoms with Gasteiger partial charge < -0.3 is 9.67 Å². The molecule has 4 nitrogen and oxygen atoms in total. The van der Waals surface area contributed by atoms with Crippen LogP contribution in [0.3, 0.4) is 0 Å². The number of halogens is 1. The molecule has 0 saturated heterocycles. The zero-order chi connectivity index (χ0) is 15.6. The number of hydrogen-bond acceptors (Lipinski definition) is 2. The van der Waals surface area contributed by atoms with Crippen molar-refractivity contribution in [3.63, 3.8) is 0 Å². The minimum Gasteiger partial charge on any atom is -0.481 e. The number of nitrogens with zero attached hydrogens (tertiary/aromatic N) is 1. The Morgan fingerprint density at radius 1 is 1.38 bits per heavy atom. The molecule has 112 valence electrons. The van der Waals surface area contributed by atoms with E-state index in [1.807, 2.05) is 11.5 Å². The molecule has 0 fully saturated rings. The Morgan fingerprint density at radius 3 is 2.71 bits per heavy atom. The van der Waals surface area contributed by atoms with Gasteiger partial charge in [0.05, 0.1) is 11.9 Å². The maximum atomic E-state index is 13.5. The Hall–Kier alpha value is -2.17. The van der Waals surface area contributed by atoms with Gasteiger partial charge in [0.25, 0.3) is 0 Å². The molecule has 5 heteroatoms. The highest BCUT2D eigenvalue weighted by molar-refractivity contribution is 5.82. The molecule has 1 aromatic carbocycles. The summed E-state index contributed by atoms with van der Waals surface area (Å²) < 4.78 is 15.4. The van der Waals surface area contributed by atoms with Gasteiger partial charge in [0.2, 0.25) is 0 Å². The SMILES string of the molecule is CCCCn1c(C)c(CC(=O)O)c(=O)c2ccc(F)cc21. The zero-order valence-electron chi connectivity index (χ0n) is 12.1. The van der Waals surface area contributed by atoms with Gasteiger partial charge in [-0.05, 0) is 31.5 Å². The molecule has 0 bridgehead atoms. The third kappa shape index (κ3) is 2.96. The summed E-state index contributed by atoms with van der Waals surface area (Å²) in [6, 6.07) is 4.00. The van der Waals surface area contributed by atoms with E-state index < -0.39 is 11.8 Å². The molecule has 0 saturated carbocycles. The number of hydrogen-bond donors (Lipinski definition) is 1. The first-order valence-corrected chi connectivity index (χ1v) is 6.99. The first kappa shape index (κ1) is 15.2. The Labute approximate surface area is 121 Å². The molecule has 0 aliphatic carbocycles. The molecule has 0 atom stereocenters. The van der Waals surface area contributed by atoms with Crippen LogP contribution in [0.5, 0.6) is 0 Å². The molecule has 0 unspecified atom stereocenters. The fourth-order valence-electron chi connectivity index (χ4n) is 2.55. The Bertz CT molecular complexity index is 749. The lowest BCUT2D eigenvalue weighted by atomic mass is 10.0. The first-order chi connectivity index (χ1) is 9.95. The van der Waals surface area contributed by atoms with E-state index in [9.17, 15) is 14.0 Å². The number of pyridine rings is 1. The summed E-state index contributed by atoms with van der Waals surface area (Å²) in [5.74, 6) is -1.45. The van der Waals surface area contributed by atoms with E-state index in [2.05, 4.69) is 0 Å². The van der Waals surface area contributed by atoms with E-state index >= 15 is 0 Å². The van der Waals surface area contributed by atoms with E-state index in [0.29, 0.717) is 23.1 Å². The number of carbonyl (C=O) groups is 1. The molecule has 0 amide bonds. The van der Waals surface area contributed by atoms with Crippen LogP contribution < -0.4 is 5.43 Å². The molecule has 1 N–H and O–H groups in total. The fraction of sp³-hybridized carbons (Fsp3) is 0.375. The van der Waals surface area contributed by atoms with Crippen molar-refractivity contribution in [2.45, 2.75) is 39.7 Å². The van der Waals surface area contributed by atoms with E-state index in [0.717, 1.165) is 12.8 Å². The van der Waals surface area contributed by atoms with Crippen molar-refractivity contribution < 1.29 is 14.3 Å². The minimum atomic E-state index is -1.04. The van der Waals surface area contributed by atoms with Gasteiger partial charge in [-0.3, -0.25) is 9.59 Å². The summed E-state index contributed by atoms with van der Waals surface area (Å²) in [5.41, 5.74) is 1.09. The molecule has 1 aromatic heterocycles. The van der Waals surface area contributed by atoms with Crippen molar-refractivity contribution in [3.05, 3.63) is 45.5 Å². The number of aliphatic carboxylic acids is 1. The lowest BCUT2D eigenvalue weighted by Crippen LogP contribution is -2.21.